The minimum absolute atomic E-state index is 0.0434. The molecule has 2 aliphatic carbocycles. The first-order chi connectivity index (χ1) is 9.81. The fourth-order valence-electron chi connectivity index (χ4n) is 3.87. The van der Waals surface area contributed by atoms with Gasteiger partial charge in [-0.25, -0.2) is 0 Å². The van der Waals surface area contributed by atoms with Gasteiger partial charge < -0.3 is 4.74 Å². The number of aromatic nitrogens is 1. The number of aryl methyl sites for hydroxylation is 1. The van der Waals surface area contributed by atoms with Crippen molar-refractivity contribution in [1.29, 1.82) is 0 Å². The molecular formula is C17H23NO2. The summed E-state index contributed by atoms with van der Waals surface area (Å²) in [6, 6.07) is 4.05. The second kappa shape index (κ2) is 6.04. The van der Waals surface area contributed by atoms with Crippen molar-refractivity contribution < 1.29 is 9.53 Å². The highest BCUT2D eigenvalue weighted by Crippen LogP contribution is 2.36. The van der Waals surface area contributed by atoms with Crippen LogP contribution in [0.25, 0.3) is 0 Å². The van der Waals surface area contributed by atoms with Crippen molar-refractivity contribution in [2.24, 2.45) is 5.92 Å². The largest absolute Gasteiger partial charge is 0.373 e. The summed E-state index contributed by atoms with van der Waals surface area (Å²) in [4.78, 5) is 17.3. The molecule has 2 atom stereocenters. The van der Waals surface area contributed by atoms with E-state index < -0.39 is 0 Å². The van der Waals surface area contributed by atoms with E-state index in [1.165, 1.54) is 24.8 Å². The van der Waals surface area contributed by atoms with Crippen LogP contribution in [0.5, 0.6) is 0 Å². The summed E-state index contributed by atoms with van der Waals surface area (Å²) < 4.78 is 5.60. The molecule has 0 saturated heterocycles. The maximum atomic E-state index is 12.9. The maximum absolute atomic E-state index is 12.9. The number of rotatable bonds is 4. The van der Waals surface area contributed by atoms with Gasteiger partial charge in [-0.05, 0) is 43.2 Å². The van der Waals surface area contributed by atoms with Gasteiger partial charge >= 0.3 is 0 Å². The zero-order valence-electron chi connectivity index (χ0n) is 12.2. The molecule has 0 amide bonds. The van der Waals surface area contributed by atoms with Crippen molar-refractivity contribution >= 4 is 5.78 Å². The van der Waals surface area contributed by atoms with Crippen LogP contribution in [0.4, 0.5) is 0 Å². The van der Waals surface area contributed by atoms with E-state index in [4.69, 9.17) is 4.74 Å². The Balaban J connectivity index is 1.77. The quantitative estimate of drug-likeness (QED) is 0.845. The molecule has 1 aromatic heterocycles. The highest BCUT2D eigenvalue weighted by molar-refractivity contribution is 5.90. The maximum Gasteiger partial charge on any atom is 0.170 e. The van der Waals surface area contributed by atoms with Crippen molar-refractivity contribution in [1.82, 2.24) is 4.98 Å². The summed E-state index contributed by atoms with van der Waals surface area (Å²) in [7, 11) is 1.69. The summed E-state index contributed by atoms with van der Waals surface area (Å²) in [5.74, 6) is 0.629. The Kier molecular flexibility index (Phi) is 4.16. The van der Waals surface area contributed by atoms with E-state index in [0.29, 0.717) is 5.92 Å². The summed E-state index contributed by atoms with van der Waals surface area (Å²) in [5, 5.41) is 0. The second-order valence-electron chi connectivity index (χ2n) is 6.10. The molecule has 3 nitrogen and oxygen atoms in total. The van der Waals surface area contributed by atoms with Gasteiger partial charge in [0.2, 0.25) is 0 Å². The van der Waals surface area contributed by atoms with E-state index in [-0.39, 0.29) is 17.8 Å². The Hall–Kier alpha value is -1.22. The predicted molar refractivity (Wildman–Crippen MR) is 77.7 cm³/mol. The van der Waals surface area contributed by atoms with Gasteiger partial charge in [-0.15, -0.1) is 0 Å². The summed E-state index contributed by atoms with van der Waals surface area (Å²) in [5.41, 5.74) is 2.24. The van der Waals surface area contributed by atoms with Gasteiger partial charge in [-0.1, -0.05) is 25.3 Å². The first kappa shape index (κ1) is 13.7. The molecule has 0 aromatic carbocycles. The average molecular weight is 273 g/mol. The lowest BCUT2D eigenvalue weighted by Crippen LogP contribution is -2.36. The minimum Gasteiger partial charge on any atom is -0.373 e. The highest BCUT2D eigenvalue weighted by Gasteiger charge is 2.38. The lowest BCUT2D eigenvalue weighted by Gasteiger charge is -2.29. The number of ketones is 1. The molecule has 1 heterocycles. The van der Waals surface area contributed by atoms with E-state index >= 15 is 0 Å². The van der Waals surface area contributed by atoms with E-state index in [2.05, 4.69) is 11.1 Å². The van der Waals surface area contributed by atoms with Crippen LogP contribution in [0.15, 0.2) is 18.3 Å². The molecule has 3 rings (SSSR count). The first-order valence-electron chi connectivity index (χ1n) is 7.81. The van der Waals surface area contributed by atoms with Crippen molar-refractivity contribution in [3.63, 3.8) is 0 Å². The molecule has 2 aliphatic rings. The summed E-state index contributed by atoms with van der Waals surface area (Å²) in [6.45, 7) is 0. The first-order valence-corrected chi connectivity index (χ1v) is 7.81. The Morgan fingerprint density at radius 3 is 2.85 bits per heavy atom. The van der Waals surface area contributed by atoms with Crippen molar-refractivity contribution in [3.05, 3.63) is 29.6 Å². The molecule has 0 spiro atoms. The number of methoxy groups -OCH3 is 1. The predicted octanol–water partition coefficient (Wildman–Crippen LogP) is 3.28. The molecule has 3 heteroatoms. The minimum atomic E-state index is -0.228. The second-order valence-corrected chi connectivity index (χ2v) is 6.10. The molecule has 1 saturated carbocycles. The van der Waals surface area contributed by atoms with E-state index in [0.717, 1.165) is 31.4 Å². The number of hydrogen-bond acceptors (Lipinski definition) is 3. The fraction of sp³-hybridized carbons (Fsp3) is 0.647. The van der Waals surface area contributed by atoms with Crippen LogP contribution in [0.2, 0.25) is 0 Å². The number of Topliss-reactive ketones (excluding diaryl/α,β-unsaturated/α-hetero) is 1. The monoisotopic (exact) mass is 273 g/mol. The molecule has 108 valence electrons. The molecule has 0 aliphatic heterocycles. The summed E-state index contributed by atoms with van der Waals surface area (Å²) >= 11 is 0. The fourth-order valence-corrected chi connectivity index (χ4v) is 3.87. The zero-order valence-corrected chi connectivity index (χ0v) is 12.2. The number of carbonyl (C=O) groups excluding carboxylic acids is 1. The van der Waals surface area contributed by atoms with E-state index in [9.17, 15) is 4.79 Å². The smallest absolute Gasteiger partial charge is 0.170 e. The van der Waals surface area contributed by atoms with Gasteiger partial charge in [0.05, 0.1) is 11.6 Å². The van der Waals surface area contributed by atoms with Crippen molar-refractivity contribution in [2.75, 3.05) is 7.11 Å². The number of nitrogens with zero attached hydrogens (tertiary/aromatic N) is 1. The SMILES string of the molecule is COC(C(=O)C1CCc2cccnc21)C1CCCCC1. The van der Waals surface area contributed by atoms with Crippen LogP contribution in [-0.4, -0.2) is 24.0 Å². The molecule has 1 aromatic rings. The molecule has 20 heavy (non-hydrogen) atoms. The Bertz CT molecular complexity index is 480. The Morgan fingerprint density at radius 1 is 1.30 bits per heavy atom. The van der Waals surface area contributed by atoms with Crippen LogP contribution in [-0.2, 0) is 16.0 Å². The van der Waals surface area contributed by atoms with Gasteiger partial charge in [-0.3, -0.25) is 9.78 Å². The Morgan fingerprint density at radius 2 is 2.10 bits per heavy atom. The lowest BCUT2D eigenvalue weighted by atomic mass is 9.80. The molecule has 0 radical (unpaired) electrons. The molecule has 2 unspecified atom stereocenters. The number of hydrogen-bond donors (Lipinski definition) is 0. The van der Waals surface area contributed by atoms with Crippen LogP contribution in [0, 0.1) is 5.92 Å². The van der Waals surface area contributed by atoms with Crippen molar-refractivity contribution in [3.8, 4) is 0 Å². The highest BCUT2D eigenvalue weighted by atomic mass is 16.5. The molecule has 0 N–H and O–H groups in total. The number of pyridine rings is 1. The third-order valence-corrected chi connectivity index (χ3v) is 4.91. The number of carbonyl (C=O) groups is 1. The third kappa shape index (κ3) is 2.51. The number of fused-ring (bicyclic) bond motifs is 1. The Labute approximate surface area is 120 Å². The van der Waals surface area contributed by atoms with Gasteiger partial charge in [0.1, 0.15) is 6.10 Å². The van der Waals surface area contributed by atoms with Crippen LogP contribution in [0.1, 0.15) is 55.7 Å². The van der Waals surface area contributed by atoms with E-state index in [1.54, 1.807) is 13.3 Å². The molecule has 1 fully saturated rings. The van der Waals surface area contributed by atoms with Gasteiger partial charge in [0.25, 0.3) is 0 Å². The normalized spacial score (nSPS) is 24.4. The van der Waals surface area contributed by atoms with Crippen LogP contribution >= 0.6 is 0 Å². The van der Waals surface area contributed by atoms with Gasteiger partial charge in [0, 0.05) is 13.3 Å². The zero-order chi connectivity index (χ0) is 13.9. The molecular weight excluding hydrogens is 250 g/mol. The van der Waals surface area contributed by atoms with Crippen molar-refractivity contribution in [2.45, 2.75) is 57.0 Å². The van der Waals surface area contributed by atoms with Gasteiger partial charge in [-0.2, -0.15) is 0 Å². The standard InChI is InChI=1S/C17H23NO2/c1-20-17(13-6-3-2-4-7-13)16(19)14-10-9-12-8-5-11-18-15(12)14/h5,8,11,13-14,17H,2-4,6-7,9-10H2,1H3. The molecule has 0 bridgehead atoms. The third-order valence-electron chi connectivity index (χ3n) is 4.91. The van der Waals surface area contributed by atoms with Crippen LogP contribution < -0.4 is 0 Å². The lowest BCUT2D eigenvalue weighted by molar-refractivity contribution is -0.134. The summed E-state index contributed by atoms with van der Waals surface area (Å²) in [6.07, 6.45) is 9.47. The van der Waals surface area contributed by atoms with Crippen LogP contribution in [0.3, 0.4) is 0 Å². The van der Waals surface area contributed by atoms with Gasteiger partial charge in [0.15, 0.2) is 5.78 Å². The average Bonchev–Trinajstić information content (AvgIpc) is 2.93. The van der Waals surface area contributed by atoms with E-state index in [1.807, 2.05) is 6.07 Å². The number of ether oxygens (including phenoxy) is 1. The topological polar surface area (TPSA) is 39.2 Å².